The van der Waals surface area contributed by atoms with E-state index in [2.05, 4.69) is 20.2 Å². The lowest BCUT2D eigenvalue weighted by molar-refractivity contribution is 0.0214. The Bertz CT molecular complexity index is 1430. The van der Waals surface area contributed by atoms with Gasteiger partial charge in [0.1, 0.15) is 29.9 Å². The Kier molecular flexibility index (Phi) is 6.81. The predicted octanol–water partition coefficient (Wildman–Crippen LogP) is 4.80. The summed E-state index contributed by atoms with van der Waals surface area (Å²) >= 11 is 0. The lowest BCUT2D eigenvalue weighted by atomic mass is 10.2. The molecule has 3 aliphatic rings. The molecule has 2 aromatic heterocycles. The number of fused-ring (bicyclic) bond motifs is 3. The topological polar surface area (TPSA) is 102 Å². The Balaban J connectivity index is 1.19. The van der Waals surface area contributed by atoms with Crippen LogP contribution in [0.1, 0.15) is 40.0 Å². The Morgan fingerprint density at radius 2 is 1.98 bits per heavy atom. The molecule has 1 amide bonds. The monoisotopic (exact) mass is 554 g/mol. The van der Waals surface area contributed by atoms with Gasteiger partial charge in [0.2, 0.25) is 5.82 Å². The molecule has 40 heavy (non-hydrogen) atoms. The Hall–Kier alpha value is -3.80. The van der Waals surface area contributed by atoms with Crippen LogP contribution in [0.2, 0.25) is 0 Å². The summed E-state index contributed by atoms with van der Waals surface area (Å²) in [5, 5.41) is 2.88. The minimum Gasteiger partial charge on any atom is -0.488 e. The van der Waals surface area contributed by atoms with Gasteiger partial charge >= 0.3 is 6.09 Å². The maximum Gasteiger partial charge on any atom is 0.410 e. The summed E-state index contributed by atoms with van der Waals surface area (Å²) in [6, 6.07) is 6.61. The van der Waals surface area contributed by atoms with Gasteiger partial charge in [-0.1, -0.05) is 0 Å². The zero-order valence-electron chi connectivity index (χ0n) is 22.7. The second kappa shape index (κ2) is 10.3. The van der Waals surface area contributed by atoms with Crippen molar-refractivity contribution < 1.29 is 27.8 Å². The molecular formula is C28H32F2N6O4. The fourth-order valence-corrected chi connectivity index (χ4v) is 5.50. The number of benzene rings is 1. The van der Waals surface area contributed by atoms with E-state index in [-0.39, 0.29) is 48.1 Å². The second-order valence-electron chi connectivity index (χ2n) is 11.4. The lowest BCUT2D eigenvalue weighted by Gasteiger charge is -2.35. The van der Waals surface area contributed by atoms with Crippen LogP contribution in [0.15, 0.2) is 30.6 Å². The number of halogens is 2. The van der Waals surface area contributed by atoms with E-state index in [1.807, 2.05) is 32.9 Å². The molecule has 12 heteroatoms. The van der Waals surface area contributed by atoms with E-state index in [9.17, 15) is 9.18 Å². The van der Waals surface area contributed by atoms with Crippen LogP contribution < -0.4 is 15.0 Å². The average Bonchev–Trinajstić information content (AvgIpc) is 3.68. The maximum absolute atomic E-state index is 15.0. The highest BCUT2D eigenvalue weighted by molar-refractivity contribution is 5.88. The molecule has 3 saturated heterocycles. The van der Waals surface area contributed by atoms with Crippen LogP contribution in [-0.4, -0.2) is 76.0 Å². The molecule has 1 aromatic carbocycles. The van der Waals surface area contributed by atoms with Crippen LogP contribution >= 0.6 is 0 Å². The molecule has 0 unspecified atom stereocenters. The molecule has 6 rings (SSSR count). The third kappa shape index (κ3) is 5.19. The molecule has 0 radical (unpaired) electrons. The number of anilines is 3. The highest BCUT2D eigenvalue weighted by atomic mass is 19.2. The van der Waals surface area contributed by atoms with Gasteiger partial charge in [0.05, 0.1) is 29.4 Å². The highest BCUT2D eigenvalue weighted by Gasteiger charge is 2.47. The zero-order valence-corrected chi connectivity index (χ0v) is 22.7. The van der Waals surface area contributed by atoms with Crippen LogP contribution in [0.4, 0.5) is 30.9 Å². The van der Waals surface area contributed by atoms with E-state index in [0.29, 0.717) is 36.5 Å². The van der Waals surface area contributed by atoms with E-state index < -0.39 is 17.2 Å². The number of nitrogens with one attached hydrogen (secondary N) is 1. The molecule has 0 spiro atoms. The van der Waals surface area contributed by atoms with Crippen LogP contribution in [0, 0.1) is 11.6 Å². The number of piperazine rings is 1. The van der Waals surface area contributed by atoms with E-state index in [0.717, 1.165) is 19.3 Å². The molecule has 5 heterocycles. The van der Waals surface area contributed by atoms with Crippen molar-refractivity contribution in [2.45, 2.75) is 63.8 Å². The Morgan fingerprint density at radius 1 is 1.12 bits per heavy atom. The molecule has 3 atom stereocenters. The average molecular weight is 555 g/mol. The Morgan fingerprint density at radius 3 is 2.70 bits per heavy atom. The Labute approximate surface area is 230 Å². The van der Waals surface area contributed by atoms with Crippen LogP contribution in [0.5, 0.6) is 5.75 Å². The van der Waals surface area contributed by atoms with Crippen molar-refractivity contribution in [2.24, 2.45) is 0 Å². The van der Waals surface area contributed by atoms with Crippen LogP contribution in [0.25, 0.3) is 11.0 Å². The van der Waals surface area contributed by atoms with Gasteiger partial charge < -0.3 is 29.3 Å². The number of carbonyl (C=O) groups is 1. The minimum atomic E-state index is -1.09. The molecule has 2 bridgehead atoms. The number of aromatic nitrogens is 3. The van der Waals surface area contributed by atoms with Gasteiger partial charge in [-0.3, -0.25) is 0 Å². The van der Waals surface area contributed by atoms with Gasteiger partial charge in [-0.15, -0.1) is 0 Å². The molecule has 1 N–H and O–H groups in total. The largest absolute Gasteiger partial charge is 0.488 e. The number of ether oxygens (including phenoxy) is 3. The zero-order chi connectivity index (χ0) is 28.0. The van der Waals surface area contributed by atoms with Crippen molar-refractivity contribution in [3.63, 3.8) is 0 Å². The molecule has 10 nitrogen and oxygen atoms in total. The summed E-state index contributed by atoms with van der Waals surface area (Å²) in [5.74, 6) is -1.38. The third-order valence-corrected chi connectivity index (χ3v) is 7.38. The van der Waals surface area contributed by atoms with Gasteiger partial charge in [-0.05, 0) is 64.3 Å². The number of amides is 1. The van der Waals surface area contributed by atoms with E-state index >= 15 is 4.39 Å². The second-order valence-corrected chi connectivity index (χ2v) is 11.4. The normalized spacial score (nSPS) is 22.3. The highest BCUT2D eigenvalue weighted by Crippen LogP contribution is 2.36. The summed E-state index contributed by atoms with van der Waals surface area (Å²) in [6.07, 6.45) is 3.51. The van der Waals surface area contributed by atoms with Crippen molar-refractivity contribution in [2.75, 3.05) is 36.5 Å². The number of nitrogens with zero attached hydrogens (tertiary/aromatic N) is 5. The van der Waals surface area contributed by atoms with Crippen LogP contribution in [0.3, 0.4) is 0 Å². The smallest absolute Gasteiger partial charge is 0.410 e. The number of pyridine rings is 1. The standard InChI is InChI=1S/C28H32F2N6O4/c1-28(2,3)40-27(37)36-13-16-11-17(36)12-35(16)22-9-7-20-25(34-22)26(32-15-31-20)33-19-6-8-21(24(30)23(19)29)39-14-18-5-4-10-38-18/h6-9,15-18H,4-5,10-14H2,1-3H3,(H,31,32,33)/t16-,17-,18+/m0/s1. The first-order chi connectivity index (χ1) is 19.2. The van der Waals surface area contributed by atoms with E-state index in [4.69, 9.17) is 19.2 Å². The van der Waals surface area contributed by atoms with Gasteiger partial charge in [0.15, 0.2) is 17.4 Å². The fourth-order valence-electron chi connectivity index (χ4n) is 5.50. The molecule has 3 fully saturated rings. The fraction of sp³-hybridized carbons (Fsp3) is 0.500. The quantitative estimate of drug-likeness (QED) is 0.460. The summed E-state index contributed by atoms with van der Waals surface area (Å²) in [6.45, 7) is 7.54. The third-order valence-electron chi connectivity index (χ3n) is 7.38. The number of likely N-dealkylation sites (tertiary alicyclic amines) is 1. The van der Waals surface area contributed by atoms with Crippen molar-refractivity contribution in [1.29, 1.82) is 0 Å². The molecular weight excluding hydrogens is 522 g/mol. The molecule has 0 saturated carbocycles. The first-order valence-corrected chi connectivity index (χ1v) is 13.5. The van der Waals surface area contributed by atoms with Crippen molar-refractivity contribution in [3.8, 4) is 5.75 Å². The summed E-state index contributed by atoms with van der Waals surface area (Å²) in [4.78, 5) is 29.9. The van der Waals surface area contributed by atoms with Crippen molar-refractivity contribution in [3.05, 3.63) is 42.2 Å². The van der Waals surface area contributed by atoms with Gasteiger partial charge in [0, 0.05) is 19.7 Å². The number of hydrogen-bond acceptors (Lipinski definition) is 9. The SMILES string of the molecule is CC(C)(C)OC(=O)N1C[C@@H]2C[C@H]1CN2c1ccc2ncnc(Nc3ccc(OC[C@H]4CCCO4)c(F)c3F)c2n1. The predicted molar refractivity (Wildman–Crippen MR) is 144 cm³/mol. The molecule has 212 valence electrons. The molecule has 0 aliphatic carbocycles. The first-order valence-electron chi connectivity index (χ1n) is 13.5. The lowest BCUT2D eigenvalue weighted by Crippen LogP contribution is -2.50. The van der Waals surface area contributed by atoms with Gasteiger partial charge in [-0.25, -0.2) is 24.1 Å². The number of rotatable bonds is 6. The number of carbonyl (C=O) groups excluding carboxylic acids is 1. The van der Waals surface area contributed by atoms with E-state index in [1.165, 1.54) is 18.5 Å². The summed E-state index contributed by atoms with van der Waals surface area (Å²) in [5.41, 5.74) is 0.327. The van der Waals surface area contributed by atoms with Gasteiger partial charge in [-0.2, -0.15) is 4.39 Å². The van der Waals surface area contributed by atoms with E-state index in [1.54, 1.807) is 4.90 Å². The molecule has 3 aromatic rings. The summed E-state index contributed by atoms with van der Waals surface area (Å²) in [7, 11) is 0. The first kappa shape index (κ1) is 26.4. The van der Waals surface area contributed by atoms with Crippen LogP contribution in [-0.2, 0) is 9.47 Å². The van der Waals surface area contributed by atoms with Crippen molar-refractivity contribution in [1.82, 2.24) is 19.9 Å². The van der Waals surface area contributed by atoms with Gasteiger partial charge in [0.25, 0.3) is 0 Å². The molecule has 3 aliphatic heterocycles. The van der Waals surface area contributed by atoms with Crippen molar-refractivity contribution >= 4 is 34.4 Å². The summed E-state index contributed by atoms with van der Waals surface area (Å²) < 4.78 is 46.4. The number of hydrogen-bond donors (Lipinski definition) is 1. The minimum absolute atomic E-state index is 0.0278. The maximum atomic E-state index is 15.0.